The highest BCUT2D eigenvalue weighted by Crippen LogP contribution is 2.25. The molecule has 0 saturated carbocycles. The fraction of sp³-hybridized carbons (Fsp3) is 0.545. The van der Waals surface area contributed by atoms with Crippen LogP contribution in [0.3, 0.4) is 0 Å². The van der Waals surface area contributed by atoms with E-state index >= 15 is 0 Å². The van der Waals surface area contributed by atoms with Crippen LogP contribution in [0.15, 0.2) is 15.4 Å². The molecule has 2 rings (SSSR count). The molecule has 1 atom stereocenters. The number of furan rings is 1. The number of hydrogen-bond donors (Lipinski definition) is 0. The van der Waals surface area contributed by atoms with E-state index in [9.17, 15) is 13.2 Å². The number of nitrogens with zero attached hydrogens (tertiary/aromatic N) is 1. The Hall–Kier alpha value is -1.05. The second-order valence-corrected chi connectivity index (χ2v) is 6.90. The lowest BCUT2D eigenvalue weighted by molar-refractivity contribution is 0.0694. The summed E-state index contributed by atoms with van der Waals surface area (Å²) in [7, 11) is 2.94. The average molecular weight is 308 g/mol. The number of halogens is 1. The summed E-state index contributed by atoms with van der Waals surface area (Å²) in [5.41, 5.74) is 0. The number of rotatable bonds is 3. The van der Waals surface area contributed by atoms with E-state index in [1.807, 2.05) is 0 Å². The number of amides is 1. The second kappa shape index (κ2) is 5.15. The predicted octanol–water partition coefficient (Wildman–Crippen LogP) is 1.38. The number of methoxy groups -OCH3 is 1. The van der Waals surface area contributed by atoms with Gasteiger partial charge in [-0.2, -0.15) is 0 Å². The topological polar surface area (TPSA) is 76.8 Å². The van der Waals surface area contributed by atoms with Crippen LogP contribution in [0.25, 0.3) is 0 Å². The first-order chi connectivity index (χ1) is 8.82. The lowest BCUT2D eigenvalue weighted by Crippen LogP contribution is -2.29. The molecule has 0 spiro atoms. The second-order valence-electron chi connectivity index (χ2n) is 4.37. The third-order valence-corrected chi connectivity index (χ3v) is 4.54. The predicted molar refractivity (Wildman–Crippen MR) is 67.8 cm³/mol. The van der Waals surface area contributed by atoms with Crippen molar-refractivity contribution in [3.8, 4) is 0 Å². The molecular formula is C11H14ClNO5S. The highest BCUT2D eigenvalue weighted by atomic mass is 35.7. The van der Waals surface area contributed by atoms with E-state index in [4.69, 9.17) is 19.8 Å². The molecule has 8 heteroatoms. The first kappa shape index (κ1) is 14.4. The molecule has 1 aliphatic heterocycles. The molecule has 1 aromatic rings. The van der Waals surface area contributed by atoms with Crippen molar-refractivity contribution in [2.45, 2.75) is 24.3 Å². The molecule has 0 bridgehead atoms. The van der Waals surface area contributed by atoms with Crippen molar-refractivity contribution in [2.24, 2.45) is 0 Å². The van der Waals surface area contributed by atoms with Gasteiger partial charge in [0.25, 0.3) is 15.0 Å². The van der Waals surface area contributed by atoms with Gasteiger partial charge in [0, 0.05) is 36.9 Å². The van der Waals surface area contributed by atoms with E-state index in [0.29, 0.717) is 13.1 Å². The Morgan fingerprint density at radius 2 is 2.26 bits per heavy atom. The minimum absolute atomic E-state index is 0.0104. The van der Waals surface area contributed by atoms with Crippen molar-refractivity contribution in [2.75, 3.05) is 20.2 Å². The fourth-order valence-electron chi connectivity index (χ4n) is 2.07. The van der Waals surface area contributed by atoms with Crippen molar-refractivity contribution < 1.29 is 22.4 Å². The number of carbonyl (C=O) groups excluding carboxylic acids is 1. The summed E-state index contributed by atoms with van der Waals surface area (Å²) >= 11 is 0. The van der Waals surface area contributed by atoms with Gasteiger partial charge in [0.2, 0.25) is 0 Å². The first-order valence-electron chi connectivity index (χ1n) is 5.70. The third-order valence-electron chi connectivity index (χ3n) is 3.11. The highest BCUT2D eigenvalue weighted by Gasteiger charge is 2.30. The average Bonchev–Trinajstić information content (AvgIpc) is 2.93. The van der Waals surface area contributed by atoms with E-state index in [-0.39, 0.29) is 28.4 Å². The molecule has 6 nitrogen and oxygen atoms in total. The van der Waals surface area contributed by atoms with Crippen LogP contribution in [0, 0.1) is 6.92 Å². The van der Waals surface area contributed by atoms with E-state index in [2.05, 4.69) is 0 Å². The Morgan fingerprint density at radius 1 is 1.58 bits per heavy atom. The van der Waals surface area contributed by atoms with Crippen LogP contribution in [0.5, 0.6) is 0 Å². The van der Waals surface area contributed by atoms with Gasteiger partial charge in [0.05, 0.1) is 6.10 Å². The first-order valence-corrected chi connectivity index (χ1v) is 8.01. The van der Waals surface area contributed by atoms with Crippen LogP contribution in [0.2, 0.25) is 0 Å². The molecule has 0 aromatic carbocycles. The maximum absolute atomic E-state index is 12.1. The van der Waals surface area contributed by atoms with Gasteiger partial charge >= 0.3 is 0 Å². The van der Waals surface area contributed by atoms with Gasteiger partial charge in [-0.05, 0) is 13.3 Å². The largest absolute Gasteiger partial charge is 0.455 e. The number of carbonyl (C=O) groups is 1. The molecule has 0 N–H and O–H groups in total. The Bertz CT molecular complexity index is 594. The van der Waals surface area contributed by atoms with Crippen molar-refractivity contribution >= 4 is 25.6 Å². The summed E-state index contributed by atoms with van der Waals surface area (Å²) in [6.45, 7) is 2.48. The van der Waals surface area contributed by atoms with Crippen LogP contribution in [0.4, 0.5) is 0 Å². The molecule has 1 saturated heterocycles. The normalized spacial score (nSPS) is 19.9. The quantitative estimate of drug-likeness (QED) is 0.788. The fourth-order valence-corrected chi connectivity index (χ4v) is 3.17. The Morgan fingerprint density at radius 3 is 2.74 bits per heavy atom. The smallest absolute Gasteiger partial charge is 0.289 e. The number of hydrogen-bond acceptors (Lipinski definition) is 5. The molecule has 1 fully saturated rings. The summed E-state index contributed by atoms with van der Waals surface area (Å²) in [6, 6.07) is 1.17. The molecule has 1 aliphatic rings. The molecular weight excluding hydrogens is 294 g/mol. The van der Waals surface area contributed by atoms with E-state index < -0.39 is 9.05 Å². The molecule has 1 amide bonds. The standard InChI is InChI=1S/C11H14ClNO5S/c1-7-10(19(12,15)16)5-9(18-7)11(14)13-4-3-8(6-13)17-2/h5,8H,3-4,6H2,1-2H3. The van der Waals surface area contributed by atoms with Crippen molar-refractivity contribution in [3.05, 3.63) is 17.6 Å². The maximum atomic E-state index is 12.1. The summed E-state index contributed by atoms with van der Waals surface area (Å²) in [6.07, 6.45) is 0.763. The molecule has 2 heterocycles. The summed E-state index contributed by atoms with van der Waals surface area (Å²) in [5, 5.41) is 0. The molecule has 19 heavy (non-hydrogen) atoms. The van der Waals surface area contributed by atoms with Crippen LogP contribution in [-0.2, 0) is 13.8 Å². The van der Waals surface area contributed by atoms with Crippen LogP contribution in [0.1, 0.15) is 22.7 Å². The Labute approximate surface area is 115 Å². The van der Waals surface area contributed by atoms with Gasteiger partial charge in [-0.1, -0.05) is 0 Å². The molecule has 1 unspecified atom stereocenters. The van der Waals surface area contributed by atoms with Crippen LogP contribution in [-0.4, -0.2) is 45.5 Å². The third kappa shape index (κ3) is 2.93. The summed E-state index contributed by atoms with van der Waals surface area (Å²) in [4.78, 5) is 13.5. The molecule has 1 aromatic heterocycles. The zero-order chi connectivity index (χ0) is 14.2. The van der Waals surface area contributed by atoms with Gasteiger partial charge < -0.3 is 14.1 Å². The van der Waals surface area contributed by atoms with Crippen molar-refractivity contribution in [1.29, 1.82) is 0 Å². The summed E-state index contributed by atoms with van der Waals surface area (Å²) < 4.78 is 32.9. The Kier molecular flexibility index (Phi) is 3.89. The molecule has 106 valence electrons. The van der Waals surface area contributed by atoms with E-state index in [1.54, 1.807) is 12.0 Å². The number of aryl methyl sites for hydroxylation is 1. The lowest BCUT2D eigenvalue weighted by Gasteiger charge is -2.14. The van der Waals surface area contributed by atoms with Gasteiger partial charge in [0.1, 0.15) is 10.7 Å². The zero-order valence-corrected chi connectivity index (χ0v) is 12.1. The van der Waals surface area contributed by atoms with Gasteiger partial charge in [0.15, 0.2) is 5.76 Å². The Balaban J connectivity index is 2.22. The van der Waals surface area contributed by atoms with Crippen molar-refractivity contribution in [1.82, 2.24) is 4.90 Å². The highest BCUT2D eigenvalue weighted by molar-refractivity contribution is 8.13. The van der Waals surface area contributed by atoms with Gasteiger partial charge in [-0.3, -0.25) is 4.79 Å². The van der Waals surface area contributed by atoms with Gasteiger partial charge in [-0.15, -0.1) is 0 Å². The maximum Gasteiger partial charge on any atom is 0.289 e. The van der Waals surface area contributed by atoms with Crippen molar-refractivity contribution in [3.63, 3.8) is 0 Å². The minimum Gasteiger partial charge on any atom is -0.455 e. The number of likely N-dealkylation sites (tertiary alicyclic amines) is 1. The monoisotopic (exact) mass is 307 g/mol. The molecule has 0 aliphatic carbocycles. The minimum atomic E-state index is -3.90. The van der Waals surface area contributed by atoms with Crippen LogP contribution >= 0.6 is 10.7 Å². The van der Waals surface area contributed by atoms with E-state index in [0.717, 1.165) is 6.42 Å². The lowest BCUT2D eigenvalue weighted by atomic mass is 10.3. The molecule has 0 radical (unpaired) electrons. The zero-order valence-electron chi connectivity index (χ0n) is 10.6. The van der Waals surface area contributed by atoms with Crippen LogP contribution < -0.4 is 0 Å². The van der Waals surface area contributed by atoms with E-state index in [1.165, 1.54) is 13.0 Å². The van der Waals surface area contributed by atoms with Gasteiger partial charge in [-0.25, -0.2) is 8.42 Å². The SMILES string of the molecule is COC1CCN(C(=O)c2cc(S(=O)(=O)Cl)c(C)o2)C1. The number of ether oxygens (including phenoxy) is 1. The summed E-state index contributed by atoms with van der Waals surface area (Å²) in [5.74, 6) is -0.261.